The number of rotatable bonds is 6. The van der Waals surface area contributed by atoms with Gasteiger partial charge in [0.05, 0.1) is 0 Å². The van der Waals surface area contributed by atoms with Crippen LogP contribution < -0.4 is 10.6 Å². The Balaban J connectivity index is 1.61. The normalized spacial score (nSPS) is 31.5. The van der Waals surface area contributed by atoms with Gasteiger partial charge in [0.1, 0.15) is 0 Å². The summed E-state index contributed by atoms with van der Waals surface area (Å²) in [6, 6.07) is 1.36. The molecule has 4 nitrogen and oxygen atoms in total. The van der Waals surface area contributed by atoms with Gasteiger partial charge in [0, 0.05) is 38.8 Å². The fraction of sp³-hybridized carbons (Fsp3) is 0.923. The van der Waals surface area contributed by atoms with Crippen LogP contribution in [0.5, 0.6) is 0 Å². The van der Waals surface area contributed by atoms with E-state index in [-0.39, 0.29) is 5.91 Å². The predicted octanol–water partition coefficient (Wildman–Crippen LogP) is 1.06. The van der Waals surface area contributed by atoms with Crippen LogP contribution in [0.25, 0.3) is 0 Å². The molecule has 2 N–H and O–H groups in total. The van der Waals surface area contributed by atoms with E-state index < -0.39 is 0 Å². The summed E-state index contributed by atoms with van der Waals surface area (Å²) >= 11 is 0. The van der Waals surface area contributed by atoms with E-state index in [1.165, 1.54) is 25.7 Å². The Morgan fingerprint density at radius 1 is 1.35 bits per heavy atom. The summed E-state index contributed by atoms with van der Waals surface area (Å²) < 4.78 is 4.95. The zero-order valence-corrected chi connectivity index (χ0v) is 10.7. The van der Waals surface area contributed by atoms with Crippen molar-refractivity contribution >= 4 is 5.91 Å². The molecule has 0 spiro atoms. The Labute approximate surface area is 103 Å². The molecule has 0 saturated carbocycles. The first-order chi connectivity index (χ1) is 8.28. The van der Waals surface area contributed by atoms with Crippen LogP contribution in [-0.2, 0) is 9.53 Å². The van der Waals surface area contributed by atoms with E-state index in [1.807, 2.05) is 0 Å². The first kappa shape index (κ1) is 12.8. The van der Waals surface area contributed by atoms with E-state index in [4.69, 9.17) is 4.74 Å². The lowest BCUT2D eigenvalue weighted by Gasteiger charge is -2.28. The second-order valence-electron chi connectivity index (χ2n) is 5.38. The summed E-state index contributed by atoms with van der Waals surface area (Å²) in [5.74, 6) is 0.809. The van der Waals surface area contributed by atoms with E-state index in [0.717, 1.165) is 19.6 Å². The lowest BCUT2D eigenvalue weighted by Crippen LogP contribution is -2.39. The number of piperidine rings is 1. The van der Waals surface area contributed by atoms with Gasteiger partial charge in [0.25, 0.3) is 0 Å². The van der Waals surface area contributed by atoms with Crippen LogP contribution in [0.2, 0.25) is 0 Å². The third kappa shape index (κ3) is 3.96. The van der Waals surface area contributed by atoms with Crippen molar-refractivity contribution in [2.24, 2.45) is 5.92 Å². The van der Waals surface area contributed by atoms with Crippen molar-refractivity contribution in [3.8, 4) is 0 Å². The van der Waals surface area contributed by atoms with E-state index in [1.54, 1.807) is 7.11 Å². The number of hydrogen-bond donors (Lipinski definition) is 2. The molecule has 2 unspecified atom stereocenters. The van der Waals surface area contributed by atoms with E-state index >= 15 is 0 Å². The van der Waals surface area contributed by atoms with Crippen molar-refractivity contribution in [3.05, 3.63) is 0 Å². The van der Waals surface area contributed by atoms with Gasteiger partial charge in [-0.2, -0.15) is 0 Å². The minimum absolute atomic E-state index is 0.215. The summed E-state index contributed by atoms with van der Waals surface area (Å²) in [5, 5.41) is 6.58. The second-order valence-corrected chi connectivity index (χ2v) is 5.38. The molecule has 2 rings (SSSR count). The highest BCUT2D eigenvalue weighted by molar-refractivity contribution is 5.76. The van der Waals surface area contributed by atoms with Crippen molar-refractivity contribution < 1.29 is 9.53 Å². The fourth-order valence-electron chi connectivity index (χ4n) is 3.12. The zero-order chi connectivity index (χ0) is 12.1. The summed E-state index contributed by atoms with van der Waals surface area (Å²) in [6.45, 7) is 1.46. The van der Waals surface area contributed by atoms with Crippen molar-refractivity contribution in [2.75, 3.05) is 20.3 Å². The van der Waals surface area contributed by atoms with Crippen molar-refractivity contribution in [1.29, 1.82) is 0 Å². The largest absolute Gasteiger partial charge is 0.385 e. The molecule has 4 heteroatoms. The first-order valence-electron chi connectivity index (χ1n) is 6.79. The highest BCUT2D eigenvalue weighted by atomic mass is 16.5. The van der Waals surface area contributed by atoms with Crippen LogP contribution in [0.1, 0.15) is 38.5 Å². The maximum Gasteiger partial charge on any atom is 0.220 e. The standard InChI is InChI=1S/C13H24N2O2/c1-17-6-2-5-14-13(16)9-10-7-11-3-4-12(8-10)15-11/h10-12,15H,2-9H2,1H3,(H,14,16). The summed E-state index contributed by atoms with van der Waals surface area (Å²) in [7, 11) is 1.69. The molecule has 2 aliphatic heterocycles. The Morgan fingerprint density at radius 2 is 2.06 bits per heavy atom. The summed E-state index contributed by atoms with van der Waals surface area (Å²) in [6.07, 6.45) is 6.58. The number of nitrogens with one attached hydrogen (secondary N) is 2. The Morgan fingerprint density at radius 3 is 2.71 bits per heavy atom. The topological polar surface area (TPSA) is 50.4 Å². The molecular formula is C13H24N2O2. The Kier molecular flexibility index (Phi) is 4.80. The molecule has 0 radical (unpaired) electrons. The van der Waals surface area contributed by atoms with Crippen LogP contribution in [-0.4, -0.2) is 38.3 Å². The molecule has 17 heavy (non-hydrogen) atoms. The molecule has 0 aromatic heterocycles. The molecule has 2 aliphatic rings. The third-order valence-electron chi connectivity index (χ3n) is 3.89. The number of fused-ring (bicyclic) bond motifs is 2. The summed E-state index contributed by atoms with van der Waals surface area (Å²) in [5.41, 5.74) is 0. The van der Waals surface area contributed by atoms with Crippen molar-refractivity contribution in [3.63, 3.8) is 0 Å². The third-order valence-corrected chi connectivity index (χ3v) is 3.89. The molecular weight excluding hydrogens is 216 g/mol. The predicted molar refractivity (Wildman–Crippen MR) is 66.8 cm³/mol. The van der Waals surface area contributed by atoms with Gasteiger partial charge in [-0.3, -0.25) is 4.79 Å². The van der Waals surface area contributed by atoms with Gasteiger partial charge in [0.15, 0.2) is 0 Å². The van der Waals surface area contributed by atoms with E-state index in [2.05, 4.69) is 10.6 Å². The number of amides is 1. The lowest BCUT2D eigenvalue weighted by atomic mass is 9.89. The highest BCUT2D eigenvalue weighted by Crippen LogP contribution is 2.32. The number of ether oxygens (including phenoxy) is 1. The number of carbonyl (C=O) groups excluding carboxylic acids is 1. The molecule has 2 atom stereocenters. The number of carbonyl (C=O) groups is 1. The second kappa shape index (κ2) is 6.36. The molecule has 2 saturated heterocycles. The summed E-state index contributed by atoms with van der Waals surface area (Å²) in [4.78, 5) is 11.7. The molecule has 0 aromatic rings. The molecule has 2 bridgehead atoms. The molecule has 98 valence electrons. The average Bonchev–Trinajstić information content (AvgIpc) is 2.64. The number of hydrogen-bond acceptors (Lipinski definition) is 3. The fourth-order valence-corrected chi connectivity index (χ4v) is 3.12. The van der Waals surface area contributed by atoms with Gasteiger partial charge >= 0.3 is 0 Å². The van der Waals surface area contributed by atoms with Gasteiger partial charge in [-0.05, 0) is 38.0 Å². The quantitative estimate of drug-likeness (QED) is 0.683. The molecule has 0 aliphatic carbocycles. The average molecular weight is 240 g/mol. The minimum Gasteiger partial charge on any atom is -0.385 e. The van der Waals surface area contributed by atoms with Crippen molar-refractivity contribution in [1.82, 2.24) is 10.6 Å². The SMILES string of the molecule is COCCCNC(=O)CC1CC2CCC(C1)N2. The molecule has 0 aromatic carbocycles. The van der Waals surface area contributed by atoms with Gasteiger partial charge in [0.2, 0.25) is 5.91 Å². The maximum atomic E-state index is 11.7. The van der Waals surface area contributed by atoms with Crippen LogP contribution in [0.3, 0.4) is 0 Å². The van der Waals surface area contributed by atoms with Gasteiger partial charge in [-0.1, -0.05) is 0 Å². The number of methoxy groups -OCH3 is 1. The Bertz CT molecular complexity index is 246. The van der Waals surface area contributed by atoms with Crippen LogP contribution in [0.4, 0.5) is 0 Å². The van der Waals surface area contributed by atoms with Gasteiger partial charge < -0.3 is 15.4 Å². The van der Waals surface area contributed by atoms with Crippen LogP contribution in [0.15, 0.2) is 0 Å². The maximum absolute atomic E-state index is 11.7. The van der Waals surface area contributed by atoms with Crippen LogP contribution in [0, 0.1) is 5.92 Å². The highest BCUT2D eigenvalue weighted by Gasteiger charge is 2.33. The van der Waals surface area contributed by atoms with Crippen molar-refractivity contribution in [2.45, 2.75) is 50.6 Å². The smallest absolute Gasteiger partial charge is 0.220 e. The minimum atomic E-state index is 0.215. The molecule has 2 heterocycles. The van der Waals surface area contributed by atoms with Gasteiger partial charge in [-0.25, -0.2) is 0 Å². The zero-order valence-electron chi connectivity index (χ0n) is 10.7. The van der Waals surface area contributed by atoms with Gasteiger partial charge in [-0.15, -0.1) is 0 Å². The Hall–Kier alpha value is -0.610. The van der Waals surface area contributed by atoms with Crippen LogP contribution >= 0.6 is 0 Å². The lowest BCUT2D eigenvalue weighted by molar-refractivity contribution is -0.122. The molecule has 2 fully saturated rings. The van der Waals surface area contributed by atoms with E-state index in [0.29, 0.717) is 24.4 Å². The first-order valence-corrected chi connectivity index (χ1v) is 6.79. The monoisotopic (exact) mass is 240 g/mol. The van der Waals surface area contributed by atoms with E-state index in [9.17, 15) is 4.79 Å². The molecule has 1 amide bonds.